The SMILES string of the molecule is CCCC1CN(C(C)CC)CCCN1. The molecule has 1 fully saturated rings. The summed E-state index contributed by atoms with van der Waals surface area (Å²) in [4.78, 5) is 2.65. The maximum atomic E-state index is 3.65. The lowest BCUT2D eigenvalue weighted by atomic mass is 10.1. The zero-order chi connectivity index (χ0) is 10.4. The fraction of sp³-hybridized carbons (Fsp3) is 1.00. The van der Waals surface area contributed by atoms with Gasteiger partial charge in [-0.05, 0) is 39.3 Å². The fourth-order valence-corrected chi connectivity index (χ4v) is 2.23. The van der Waals surface area contributed by atoms with Gasteiger partial charge in [0.25, 0.3) is 0 Å². The van der Waals surface area contributed by atoms with Gasteiger partial charge < -0.3 is 5.32 Å². The van der Waals surface area contributed by atoms with Crippen LogP contribution in [-0.4, -0.2) is 36.6 Å². The summed E-state index contributed by atoms with van der Waals surface area (Å²) in [5.74, 6) is 0. The Bertz CT molecular complexity index is 147. The summed E-state index contributed by atoms with van der Waals surface area (Å²) < 4.78 is 0. The first-order valence-corrected chi connectivity index (χ1v) is 6.25. The zero-order valence-corrected chi connectivity index (χ0v) is 10.1. The van der Waals surface area contributed by atoms with Gasteiger partial charge in [0, 0.05) is 18.6 Å². The van der Waals surface area contributed by atoms with Crippen molar-refractivity contribution in [2.75, 3.05) is 19.6 Å². The van der Waals surface area contributed by atoms with Gasteiger partial charge in [-0.15, -0.1) is 0 Å². The molecule has 2 nitrogen and oxygen atoms in total. The Balaban J connectivity index is 2.42. The third kappa shape index (κ3) is 3.58. The van der Waals surface area contributed by atoms with E-state index in [1.54, 1.807) is 0 Å². The molecule has 0 aromatic rings. The maximum absolute atomic E-state index is 3.65. The van der Waals surface area contributed by atoms with Gasteiger partial charge in [-0.1, -0.05) is 20.3 Å². The summed E-state index contributed by atoms with van der Waals surface area (Å²) in [7, 11) is 0. The minimum Gasteiger partial charge on any atom is -0.313 e. The lowest BCUT2D eigenvalue weighted by molar-refractivity contribution is 0.197. The Morgan fingerprint density at radius 1 is 1.43 bits per heavy atom. The van der Waals surface area contributed by atoms with Crippen LogP contribution in [0.3, 0.4) is 0 Å². The molecule has 2 heteroatoms. The second-order valence-electron chi connectivity index (χ2n) is 4.55. The number of nitrogens with one attached hydrogen (secondary N) is 1. The third-order valence-corrected chi connectivity index (χ3v) is 3.36. The van der Waals surface area contributed by atoms with Gasteiger partial charge in [0.05, 0.1) is 0 Å². The Hall–Kier alpha value is -0.0800. The van der Waals surface area contributed by atoms with E-state index in [9.17, 15) is 0 Å². The van der Waals surface area contributed by atoms with Crippen molar-refractivity contribution in [3.05, 3.63) is 0 Å². The Morgan fingerprint density at radius 3 is 2.86 bits per heavy atom. The summed E-state index contributed by atoms with van der Waals surface area (Å²) in [6, 6.07) is 1.49. The molecule has 2 unspecified atom stereocenters. The molecule has 14 heavy (non-hydrogen) atoms. The maximum Gasteiger partial charge on any atom is 0.0195 e. The molecule has 0 bridgehead atoms. The number of hydrogen-bond donors (Lipinski definition) is 1. The van der Waals surface area contributed by atoms with Crippen LogP contribution < -0.4 is 5.32 Å². The van der Waals surface area contributed by atoms with E-state index in [0.29, 0.717) is 0 Å². The van der Waals surface area contributed by atoms with Crippen molar-refractivity contribution >= 4 is 0 Å². The molecule has 1 heterocycles. The first-order chi connectivity index (χ1) is 6.77. The topological polar surface area (TPSA) is 15.3 Å². The minimum atomic E-state index is 0.733. The molecule has 1 aliphatic heterocycles. The van der Waals surface area contributed by atoms with Crippen LogP contribution in [0.15, 0.2) is 0 Å². The van der Waals surface area contributed by atoms with Crippen LogP contribution in [-0.2, 0) is 0 Å². The Kier molecular flexibility index (Phi) is 5.49. The minimum absolute atomic E-state index is 0.733. The van der Waals surface area contributed by atoms with Crippen molar-refractivity contribution in [3.8, 4) is 0 Å². The fourth-order valence-electron chi connectivity index (χ4n) is 2.23. The number of rotatable bonds is 4. The van der Waals surface area contributed by atoms with Crippen LogP contribution in [0, 0.1) is 0 Å². The number of hydrogen-bond acceptors (Lipinski definition) is 2. The molecule has 1 saturated heterocycles. The van der Waals surface area contributed by atoms with Crippen molar-refractivity contribution < 1.29 is 0 Å². The molecule has 0 amide bonds. The summed E-state index contributed by atoms with van der Waals surface area (Å²) >= 11 is 0. The largest absolute Gasteiger partial charge is 0.313 e. The molecule has 1 rings (SSSR count). The average molecular weight is 198 g/mol. The molecule has 1 N–H and O–H groups in total. The molecule has 0 aromatic carbocycles. The van der Waals surface area contributed by atoms with E-state index in [2.05, 4.69) is 31.0 Å². The second-order valence-corrected chi connectivity index (χ2v) is 4.55. The highest BCUT2D eigenvalue weighted by atomic mass is 15.2. The quantitative estimate of drug-likeness (QED) is 0.745. The van der Waals surface area contributed by atoms with Crippen LogP contribution in [0.4, 0.5) is 0 Å². The molecular formula is C12H26N2. The van der Waals surface area contributed by atoms with E-state index in [1.807, 2.05) is 0 Å². The van der Waals surface area contributed by atoms with Crippen LogP contribution in [0.1, 0.15) is 46.5 Å². The van der Waals surface area contributed by atoms with Crippen molar-refractivity contribution in [1.82, 2.24) is 10.2 Å². The molecule has 1 aliphatic rings. The van der Waals surface area contributed by atoms with Crippen molar-refractivity contribution in [2.24, 2.45) is 0 Å². The molecular weight excluding hydrogens is 172 g/mol. The van der Waals surface area contributed by atoms with E-state index in [-0.39, 0.29) is 0 Å². The molecule has 0 saturated carbocycles. The second kappa shape index (κ2) is 6.41. The van der Waals surface area contributed by atoms with Gasteiger partial charge in [0.2, 0.25) is 0 Å². The molecule has 0 aromatic heterocycles. The van der Waals surface area contributed by atoms with Gasteiger partial charge in [-0.3, -0.25) is 4.90 Å². The lowest BCUT2D eigenvalue weighted by Crippen LogP contribution is -2.41. The normalized spacial score (nSPS) is 27.2. The lowest BCUT2D eigenvalue weighted by Gasteiger charge is -2.29. The highest BCUT2D eigenvalue weighted by Crippen LogP contribution is 2.10. The Labute approximate surface area is 89.1 Å². The van der Waals surface area contributed by atoms with Crippen molar-refractivity contribution in [2.45, 2.75) is 58.5 Å². The van der Waals surface area contributed by atoms with E-state index in [0.717, 1.165) is 12.1 Å². The van der Waals surface area contributed by atoms with Crippen LogP contribution in [0.5, 0.6) is 0 Å². The molecule has 0 radical (unpaired) electrons. The van der Waals surface area contributed by atoms with Crippen LogP contribution in [0.2, 0.25) is 0 Å². The summed E-state index contributed by atoms with van der Waals surface area (Å²) in [5, 5.41) is 3.65. The zero-order valence-electron chi connectivity index (χ0n) is 10.1. The first-order valence-electron chi connectivity index (χ1n) is 6.25. The highest BCUT2D eigenvalue weighted by Gasteiger charge is 2.19. The van der Waals surface area contributed by atoms with E-state index >= 15 is 0 Å². The van der Waals surface area contributed by atoms with E-state index in [4.69, 9.17) is 0 Å². The first kappa shape index (κ1) is 12.0. The van der Waals surface area contributed by atoms with E-state index < -0.39 is 0 Å². The van der Waals surface area contributed by atoms with Gasteiger partial charge in [0.1, 0.15) is 0 Å². The highest BCUT2D eigenvalue weighted by molar-refractivity contribution is 4.78. The number of nitrogens with zero attached hydrogens (tertiary/aromatic N) is 1. The molecule has 0 spiro atoms. The smallest absolute Gasteiger partial charge is 0.0195 e. The van der Waals surface area contributed by atoms with Crippen LogP contribution >= 0.6 is 0 Å². The van der Waals surface area contributed by atoms with E-state index in [1.165, 1.54) is 45.3 Å². The summed E-state index contributed by atoms with van der Waals surface area (Å²) in [6.07, 6.45) is 5.21. The molecule has 0 aliphatic carbocycles. The van der Waals surface area contributed by atoms with Crippen molar-refractivity contribution in [3.63, 3.8) is 0 Å². The van der Waals surface area contributed by atoms with Gasteiger partial charge in [0.15, 0.2) is 0 Å². The molecule has 84 valence electrons. The summed E-state index contributed by atoms with van der Waals surface area (Å²) in [6.45, 7) is 10.7. The van der Waals surface area contributed by atoms with Crippen LogP contribution in [0.25, 0.3) is 0 Å². The summed E-state index contributed by atoms with van der Waals surface area (Å²) in [5.41, 5.74) is 0. The standard InChI is InChI=1S/C12H26N2/c1-4-7-12-10-14(11(3)5-2)9-6-8-13-12/h11-13H,4-10H2,1-3H3. The average Bonchev–Trinajstić information content (AvgIpc) is 2.43. The third-order valence-electron chi connectivity index (χ3n) is 3.36. The predicted molar refractivity (Wildman–Crippen MR) is 62.6 cm³/mol. The Morgan fingerprint density at radius 2 is 2.21 bits per heavy atom. The predicted octanol–water partition coefficient (Wildman–Crippen LogP) is 2.25. The monoisotopic (exact) mass is 198 g/mol. The van der Waals surface area contributed by atoms with Gasteiger partial charge in [-0.25, -0.2) is 0 Å². The van der Waals surface area contributed by atoms with Crippen molar-refractivity contribution in [1.29, 1.82) is 0 Å². The molecule has 2 atom stereocenters. The van der Waals surface area contributed by atoms with Gasteiger partial charge >= 0.3 is 0 Å². The van der Waals surface area contributed by atoms with Gasteiger partial charge in [-0.2, -0.15) is 0 Å².